The number of urea groups is 1. The summed E-state index contributed by atoms with van der Waals surface area (Å²) in [6.07, 6.45) is 2.71. The van der Waals surface area contributed by atoms with E-state index in [1.807, 2.05) is 9.80 Å². The van der Waals surface area contributed by atoms with Crippen LogP contribution in [0.15, 0.2) is 24.3 Å². The summed E-state index contributed by atoms with van der Waals surface area (Å²) in [6.45, 7) is 5.44. The van der Waals surface area contributed by atoms with Crippen LogP contribution in [-0.4, -0.2) is 53.0 Å². The predicted octanol–water partition coefficient (Wildman–Crippen LogP) is 1.90. The molecule has 0 spiro atoms. The van der Waals surface area contributed by atoms with Crippen molar-refractivity contribution in [3.8, 4) is 0 Å². The number of fused-ring (bicyclic) bond motifs is 1. The first-order valence-electron chi connectivity index (χ1n) is 7.66. The fourth-order valence-corrected chi connectivity index (χ4v) is 3.39. The molecule has 2 heterocycles. The topological polar surface area (TPSA) is 26.8 Å². The van der Waals surface area contributed by atoms with Crippen molar-refractivity contribution < 1.29 is 4.79 Å². The molecular formula is C16H21N3O. The fourth-order valence-electron chi connectivity index (χ4n) is 3.39. The quantitative estimate of drug-likeness (QED) is 0.780. The zero-order valence-corrected chi connectivity index (χ0v) is 11.8. The van der Waals surface area contributed by atoms with Gasteiger partial charge in [-0.15, -0.1) is 0 Å². The van der Waals surface area contributed by atoms with Crippen molar-refractivity contribution in [2.45, 2.75) is 32.0 Å². The van der Waals surface area contributed by atoms with Crippen LogP contribution < -0.4 is 0 Å². The van der Waals surface area contributed by atoms with Crippen LogP contribution in [0.1, 0.15) is 24.0 Å². The number of carbonyl (C=O) groups excluding carboxylic acids is 1. The summed E-state index contributed by atoms with van der Waals surface area (Å²) in [5.41, 5.74) is 2.61. The molecule has 0 atom stereocenters. The van der Waals surface area contributed by atoms with Crippen LogP contribution >= 0.6 is 0 Å². The monoisotopic (exact) mass is 271 g/mol. The first-order chi connectivity index (χ1) is 9.81. The largest absolute Gasteiger partial charge is 0.322 e. The molecular weight excluding hydrogens is 250 g/mol. The molecule has 3 aliphatic rings. The highest BCUT2D eigenvalue weighted by Crippen LogP contribution is 2.28. The molecule has 2 fully saturated rings. The van der Waals surface area contributed by atoms with Gasteiger partial charge in [-0.2, -0.15) is 0 Å². The van der Waals surface area contributed by atoms with Crippen LogP contribution in [-0.2, 0) is 13.1 Å². The minimum absolute atomic E-state index is 0.219. The van der Waals surface area contributed by atoms with Crippen molar-refractivity contribution in [2.24, 2.45) is 0 Å². The number of rotatable bonds is 1. The van der Waals surface area contributed by atoms with E-state index < -0.39 is 0 Å². The van der Waals surface area contributed by atoms with Gasteiger partial charge in [-0.3, -0.25) is 4.90 Å². The number of benzene rings is 1. The van der Waals surface area contributed by atoms with Crippen LogP contribution in [0.5, 0.6) is 0 Å². The summed E-state index contributed by atoms with van der Waals surface area (Å²) in [4.78, 5) is 19.2. The summed E-state index contributed by atoms with van der Waals surface area (Å²) in [5, 5.41) is 0. The zero-order chi connectivity index (χ0) is 13.5. The van der Waals surface area contributed by atoms with E-state index in [1.165, 1.54) is 24.0 Å². The molecule has 0 aromatic heterocycles. The van der Waals surface area contributed by atoms with Gasteiger partial charge in [0.1, 0.15) is 0 Å². The fraction of sp³-hybridized carbons (Fsp3) is 0.562. The van der Waals surface area contributed by atoms with E-state index >= 15 is 0 Å². The first kappa shape index (κ1) is 12.2. The predicted molar refractivity (Wildman–Crippen MR) is 77.3 cm³/mol. The Morgan fingerprint density at radius 3 is 2.05 bits per heavy atom. The lowest BCUT2D eigenvalue weighted by molar-refractivity contribution is 0.109. The third-order valence-electron chi connectivity index (χ3n) is 4.76. The Bertz CT molecular complexity index is 493. The molecule has 4 heteroatoms. The molecule has 1 aliphatic carbocycles. The maximum absolute atomic E-state index is 12.6. The maximum Gasteiger partial charge on any atom is 0.320 e. The van der Waals surface area contributed by atoms with E-state index in [-0.39, 0.29) is 6.03 Å². The molecule has 4 nitrogen and oxygen atoms in total. The minimum atomic E-state index is 0.219. The Balaban J connectivity index is 1.37. The molecule has 1 saturated carbocycles. The highest BCUT2D eigenvalue weighted by molar-refractivity contribution is 5.75. The average Bonchev–Trinajstić information content (AvgIpc) is 3.25. The summed E-state index contributed by atoms with van der Waals surface area (Å²) in [5.74, 6) is 0. The number of piperazine rings is 1. The van der Waals surface area contributed by atoms with E-state index in [1.54, 1.807) is 0 Å². The Kier molecular flexibility index (Phi) is 2.91. The van der Waals surface area contributed by atoms with Gasteiger partial charge in [0, 0.05) is 45.3 Å². The molecule has 1 aromatic carbocycles. The molecule has 106 valence electrons. The van der Waals surface area contributed by atoms with Crippen molar-refractivity contribution in [3.05, 3.63) is 35.4 Å². The summed E-state index contributed by atoms with van der Waals surface area (Å²) in [6, 6.07) is 9.42. The summed E-state index contributed by atoms with van der Waals surface area (Å²) in [7, 11) is 0. The van der Waals surface area contributed by atoms with Gasteiger partial charge in [0.15, 0.2) is 0 Å². The molecule has 1 aromatic rings. The van der Waals surface area contributed by atoms with Crippen molar-refractivity contribution in [2.75, 3.05) is 26.2 Å². The highest BCUT2D eigenvalue weighted by Gasteiger charge is 2.34. The SMILES string of the molecule is O=C(N1CCN(C2CC2)CC1)N1Cc2ccccc2C1. The zero-order valence-electron chi connectivity index (χ0n) is 11.8. The van der Waals surface area contributed by atoms with Gasteiger partial charge < -0.3 is 9.80 Å². The van der Waals surface area contributed by atoms with Gasteiger partial charge >= 0.3 is 6.03 Å². The van der Waals surface area contributed by atoms with E-state index in [9.17, 15) is 4.79 Å². The summed E-state index contributed by atoms with van der Waals surface area (Å²) >= 11 is 0. The van der Waals surface area contributed by atoms with Crippen molar-refractivity contribution in [3.63, 3.8) is 0 Å². The van der Waals surface area contributed by atoms with Crippen molar-refractivity contribution >= 4 is 6.03 Å². The van der Waals surface area contributed by atoms with Crippen LogP contribution in [0, 0.1) is 0 Å². The first-order valence-corrected chi connectivity index (χ1v) is 7.66. The van der Waals surface area contributed by atoms with Crippen LogP contribution in [0.3, 0.4) is 0 Å². The third-order valence-corrected chi connectivity index (χ3v) is 4.76. The number of hydrogen-bond acceptors (Lipinski definition) is 2. The lowest BCUT2D eigenvalue weighted by Crippen LogP contribution is -2.52. The number of carbonyl (C=O) groups is 1. The Morgan fingerprint density at radius 2 is 1.50 bits per heavy atom. The van der Waals surface area contributed by atoms with Gasteiger partial charge in [-0.25, -0.2) is 4.79 Å². The summed E-state index contributed by atoms with van der Waals surface area (Å²) < 4.78 is 0. The smallest absolute Gasteiger partial charge is 0.320 e. The van der Waals surface area contributed by atoms with E-state index in [4.69, 9.17) is 0 Å². The number of nitrogens with zero attached hydrogens (tertiary/aromatic N) is 3. The minimum Gasteiger partial charge on any atom is -0.322 e. The number of amides is 2. The lowest BCUT2D eigenvalue weighted by atomic mass is 10.1. The number of hydrogen-bond donors (Lipinski definition) is 0. The molecule has 0 radical (unpaired) electrons. The second kappa shape index (κ2) is 4.77. The van der Waals surface area contributed by atoms with Crippen LogP contribution in [0.4, 0.5) is 4.79 Å². The van der Waals surface area contributed by atoms with Gasteiger partial charge in [0.05, 0.1) is 0 Å². The Hall–Kier alpha value is -1.55. The standard InChI is InChI=1S/C16H21N3O/c20-16(18-9-7-17(8-10-18)15-5-6-15)19-11-13-3-1-2-4-14(13)12-19/h1-4,15H,5-12H2. The van der Waals surface area contributed by atoms with Crippen LogP contribution in [0.2, 0.25) is 0 Å². The Morgan fingerprint density at radius 1 is 0.900 bits per heavy atom. The third kappa shape index (κ3) is 2.18. The van der Waals surface area contributed by atoms with E-state index in [0.29, 0.717) is 0 Å². The lowest BCUT2D eigenvalue weighted by Gasteiger charge is -2.36. The molecule has 2 amide bonds. The van der Waals surface area contributed by atoms with Gasteiger partial charge in [-0.1, -0.05) is 24.3 Å². The average molecular weight is 271 g/mol. The molecule has 20 heavy (non-hydrogen) atoms. The second-order valence-corrected chi connectivity index (χ2v) is 6.16. The molecule has 1 saturated heterocycles. The highest BCUT2D eigenvalue weighted by atomic mass is 16.2. The van der Waals surface area contributed by atoms with Crippen LogP contribution in [0.25, 0.3) is 0 Å². The Labute approximate surface area is 120 Å². The van der Waals surface area contributed by atoms with Crippen molar-refractivity contribution in [1.82, 2.24) is 14.7 Å². The van der Waals surface area contributed by atoms with E-state index in [0.717, 1.165) is 45.3 Å². The molecule has 0 bridgehead atoms. The van der Waals surface area contributed by atoms with E-state index in [2.05, 4.69) is 29.2 Å². The maximum atomic E-state index is 12.6. The van der Waals surface area contributed by atoms with Crippen molar-refractivity contribution in [1.29, 1.82) is 0 Å². The van der Waals surface area contributed by atoms with Gasteiger partial charge in [-0.05, 0) is 24.0 Å². The molecule has 2 aliphatic heterocycles. The molecule has 0 unspecified atom stereocenters. The molecule has 4 rings (SSSR count). The normalized spacial score (nSPS) is 23.0. The van der Waals surface area contributed by atoms with Gasteiger partial charge in [0.2, 0.25) is 0 Å². The second-order valence-electron chi connectivity index (χ2n) is 6.16. The molecule has 0 N–H and O–H groups in total. The van der Waals surface area contributed by atoms with Gasteiger partial charge in [0.25, 0.3) is 0 Å².